The highest BCUT2D eigenvalue weighted by Gasteiger charge is 2.11. The summed E-state index contributed by atoms with van der Waals surface area (Å²) < 4.78 is 5.20. The van der Waals surface area contributed by atoms with Crippen molar-refractivity contribution in [3.8, 4) is 5.75 Å². The van der Waals surface area contributed by atoms with Gasteiger partial charge in [-0.25, -0.2) is 0 Å². The van der Waals surface area contributed by atoms with Crippen LogP contribution in [0.25, 0.3) is 0 Å². The number of hydrogen-bond donors (Lipinski definition) is 3. The third kappa shape index (κ3) is 3.00. The molecule has 0 unspecified atom stereocenters. The van der Waals surface area contributed by atoms with Crippen molar-refractivity contribution in [2.75, 3.05) is 12.8 Å². The smallest absolute Gasteiger partial charge is 0.268 e. The van der Waals surface area contributed by atoms with Gasteiger partial charge in [0.05, 0.1) is 7.11 Å². The Morgan fingerprint density at radius 1 is 1.53 bits per heavy atom. The number of anilines is 1. The van der Waals surface area contributed by atoms with Crippen molar-refractivity contribution in [3.63, 3.8) is 0 Å². The molecule has 0 atom stereocenters. The first-order valence-corrected chi connectivity index (χ1v) is 6.03. The van der Waals surface area contributed by atoms with Crippen LogP contribution in [-0.2, 0) is 6.54 Å². The van der Waals surface area contributed by atoms with E-state index in [2.05, 4.69) is 10.3 Å². The van der Waals surface area contributed by atoms with E-state index in [9.17, 15) is 4.79 Å². The number of rotatable bonds is 4. The number of aromatic nitrogens is 1. The monoisotopic (exact) mass is 279 g/mol. The van der Waals surface area contributed by atoms with Crippen molar-refractivity contribution < 1.29 is 9.53 Å². The third-order valence-corrected chi connectivity index (χ3v) is 3.03. The molecule has 0 radical (unpaired) electrons. The second kappa shape index (κ2) is 5.67. The lowest BCUT2D eigenvalue weighted by atomic mass is 10.2. The van der Waals surface area contributed by atoms with Crippen LogP contribution >= 0.6 is 11.6 Å². The van der Waals surface area contributed by atoms with Crippen molar-refractivity contribution in [2.45, 2.75) is 6.54 Å². The van der Waals surface area contributed by atoms with E-state index >= 15 is 0 Å². The third-order valence-electron chi connectivity index (χ3n) is 2.67. The molecule has 0 fully saturated rings. The summed E-state index contributed by atoms with van der Waals surface area (Å²) in [6.45, 7) is 0.278. The molecule has 4 N–H and O–H groups in total. The van der Waals surface area contributed by atoms with E-state index in [1.54, 1.807) is 37.6 Å². The van der Waals surface area contributed by atoms with E-state index in [1.165, 1.54) is 0 Å². The van der Waals surface area contributed by atoms with Crippen molar-refractivity contribution in [2.24, 2.45) is 0 Å². The van der Waals surface area contributed by atoms with Crippen molar-refractivity contribution in [1.29, 1.82) is 0 Å². The first kappa shape index (κ1) is 13.3. The maximum atomic E-state index is 11.9. The van der Waals surface area contributed by atoms with Crippen LogP contribution in [0, 0.1) is 0 Å². The molecule has 5 nitrogen and oxygen atoms in total. The summed E-state index contributed by atoms with van der Waals surface area (Å²) in [5.74, 6) is 0.387. The van der Waals surface area contributed by atoms with Crippen LogP contribution in [0.4, 0.5) is 5.69 Å². The van der Waals surface area contributed by atoms with E-state index in [4.69, 9.17) is 22.1 Å². The SMILES string of the molecule is COc1cccc(Cl)c1CNC(=O)c1cc(N)c[nH]1. The lowest BCUT2D eigenvalue weighted by Gasteiger charge is -2.10. The van der Waals surface area contributed by atoms with Gasteiger partial charge in [-0.1, -0.05) is 17.7 Å². The molecule has 1 aromatic heterocycles. The van der Waals surface area contributed by atoms with Crippen LogP contribution in [0.1, 0.15) is 16.1 Å². The highest BCUT2D eigenvalue weighted by atomic mass is 35.5. The Labute approximate surface area is 115 Å². The van der Waals surface area contributed by atoms with E-state index in [0.717, 1.165) is 5.56 Å². The lowest BCUT2D eigenvalue weighted by molar-refractivity contribution is 0.0946. The molecule has 0 aliphatic carbocycles. The van der Waals surface area contributed by atoms with Crippen LogP contribution in [0.3, 0.4) is 0 Å². The minimum atomic E-state index is -0.251. The maximum absolute atomic E-state index is 11.9. The fourth-order valence-corrected chi connectivity index (χ4v) is 1.94. The summed E-state index contributed by atoms with van der Waals surface area (Å²) in [5, 5.41) is 3.30. The van der Waals surface area contributed by atoms with E-state index < -0.39 is 0 Å². The van der Waals surface area contributed by atoms with Gasteiger partial charge in [-0.05, 0) is 18.2 Å². The minimum absolute atomic E-state index is 0.251. The Hall–Kier alpha value is -2.14. The zero-order chi connectivity index (χ0) is 13.8. The zero-order valence-electron chi connectivity index (χ0n) is 10.4. The fourth-order valence-electron chi connectivity index (χ4n) is 1.71. The van der Waals surface area contributed by atoms with Gasteiger partial charge in [0, 0.05) is 29.0 Å². The Kier molecular flexibility index (Phi) is 3.97. The molecule has 1 aromatic carbocycles. The van der Waals surface area contributed by atoms with Gasteiger partial charge in [-0.3, -0.25) is 4.79 Å². The molecule has 0 bridgehead atoms. The Morgan fingerprint density at radius 2 is 2.32 bits per heavy atom. The van der Waals surface area contributed by atoms with Crippen molar-refractivity contribution in [3.05, 3.63) is 46.7 Å². The van der Waals surface area contributed by atoms with E-state index in [-0.39, 0.29) is 12.5 Å². The highest BCUT2D eigenvalue weighted by Crippen LogP contribution is 2.25. The molecule has 2 aromatic rings. The number of aromatic amines is 1. The fraction of sp³-hybridized carbons (Fsp3) is 0.154. The molecule has 0 spiro atoms. The number of carbonyl (C=O) groups is 1. The molecular weight excluding hydrogens is 266 g/mol. The molecule has 2 rings (SSSR count). The van der Waals surface area contributed by atoms with Gasteiger partial charge in [0.2, 0.25) is 0 Å². The Bertz CT molecular complexity index is 595. The highest BCUT2D eigenvalue weighted by molar-refractivity contribution is 6.31. The summed E-state index contributed by atoms with van der Waals surface area (Å²) in [6, 6.07) is 6.90. The molecule has 0 saturated carbocycles. The van der Waals surface area contributed by atoms with Gasteiger partial charge in [-0.2, -0.15) is 0 Å². The predicted molar refractivity (Wildman–Crippen MR) is 74.4 cm³/mol. The quantitative estimate of drug-likeness (QED) is 0.802. The molecule has 0 aliphatic heterocycles. The maximum Gasteiger partial charge on any atom is 0.268 e. The summed E-state index contributed by atoms with van der Waals surface area (Å²) in [5.41, 5.74) is 7.20. The number of hydrogen-bond acceptors (Lipinski definition) is 3. The van der Waals surface area contributed by atoms with E-state index in [0.29, 0.717) is 22.2 Å². The Balaban J connectivity index is 2.09. The summed E-state index contributed by atoms with van der Waals surface area (Å²) in [6.07, 6.45) is 1.56. The summed E-state index contributed by atoms with van der Waals surface area (Å²) >= 11 is 6.08. The molecule has 0 aliphatic rings. The second-order valence-electron chi connectivity index (χ2n) is 3.95. The van der Waals surface area contributed by atoms with Crippen LogP contribution in [0.5, 0.6) is 5.75 Å². The van der Waals surface area contributed by atoms with Crippen LogP contribution < -0.4 is 15.8 Å². The number of nitrogens with two attached hydrogens (primary N) is 1. The summed E-state index contributed by atoms with van der Waals surface area (Å²) in [7, 11) is 1.56. The molecule has 1 heterocycles. The largest absolute Gasteiger partial charge is 0.496 e. The van der Waals surface area contributed by atoms with Crippen molar-refractivity contribution >= 4 is 23.2 Å². The number of methoxy groups -OCH3 is 1. The number of carbonyl (C=O) groups excluding carboxylic acids is 1. The number of ether oxygens (including phenoxy) is 1. The van der Waals surface area contributed by atoms with Crippen molar-refractivity contribution in [1.82, 2.24) is 10.3 Å². The molecule has 19 heavy (non-hydrogen) atoms. The van der Waals surface area contributed by atoms with Gasteiger partial charge in [-0.15, -0.1) is 0 Å². The molecular formula is C13H14ClN3O2. The van der Waals surface area contributed by atoms with Gasteiger partial charge in [0.1, 0.15) is 11.4 Å². The minimum Gasteiger partial charge on any atom is -0.496 e. The standard InChI is InChI=1S/C13H14ClN3O2/c1-19-12-4-2-3-10(14)9(12)7-17-13(18)11-5-8(15)6-16-11/h2-6,16H,7,15H2,1H3,(H,17,18). The lowest BCUT2D eigenvalue weighted by Crippen LogP contribution is -2.23. The average molecular weight is 280 g/mol. The van der Waals surface area contributed by atoms with Gasteiger partial charge < -0.3 is 20.8 Å². The van der Waals surface area contributed by atoms with Crippen LogP contribution in [-0.4, -0.2) is 18.0 Å². The topological polar surface area (TPSA) is 80.1 Å². The number of benzene rings is 1. The molecule has 100 valence electrons. The molecule has 6 heteroatoms. The second-order valence-corrected chi connectivity index (χ2v) is 4.36. The average Bonchev–Trinajstić information content (AvgIpc) is 2.83. The predicted octanol–water partition coefficient (Wildman–Crippen LogP) is 2.19. The first-order chi connectivity index (χ1) is 9.11. The van der Waals surface area contributed by atoms with Gasteiger partial charge in [0.15, 0.2) is 0 Å². The number of amides is 1. The zero-order valence-corrected chi connectivity index (χ0v) is 11.1. The number of nitrogens with one attached hydrogen (secondary N) is 2. The molecule has 0 saturated heterocycles. The summed E-state index contributed by atoms with van der Waals surface area (Å²) in [4.78, 5) is 14.6. The number of halogens is 1. The Morgan fingerprint density at radius 3 is 2.95 bits per heavy atom. The van der Waals surface area contributed by atoms with E-state index in [1.807, 2.05) is 0 Å². The number of nitrogen functional groups attached to an aromatic ring is 1. The van der Waals surface area contributed by atoms with Crippen LogP contribution in [0.15, 0.2) is 30.5 Å². The first-order valence-electron chi connectivity index (χ1n) is 5.65. The normalized spacial score (nSPS) is 10.2. The van der Waals surface area contributed by atoms with Gasteiger partial charge in [0.25, 0.3) is 5.91 Å². The molecule has 1 amide bonds. The van der Waals surface area contributed by atoms with Gasteiger partial charge >= 0.3 is 0 Å². The number of H-pyrrole nitrogens is 1. The van der Waals surface area contributed by atoms with Crippen LogP contribution in [0.2, 0.25) is 5.02 Å².